The van der Waals surface area contributed by atoms with Crippen LogP contribution in [-0.4, -0.2) is 47.1 Å². The largest absolute Gasteiger partial charge is 0.349 e. The zero-order valence-electron chi connectivity index (χ0n) is 10.2. The van der Waals surface area contributed by atoms with Crippen LogP contribution in [0.4, 0.5) is 0 Å². The summed E-state index contributed by atoms with van der Waals surface area (Å²) in [6.07, 6.45) is 12.3. The Morgan fingerprint density at radius 2 is 2.35 bits per heavy atom. The van der Waals surface area contributed by atoms with Gasteiger partial charge >= 0.3 is 0 Å². The molecule has 0 unspecified atom stereocenters. The summed E-state index contributed by atoms with van der Waals surface area (Å²) in [5.41, 5.74) is 0. The lowest BCUT2D eigenvalue weighted by atomic mass is 10.1. The Kier molecular flexibility index (Phi) is 4.60. The maximum absolute atomic E-state index is 5.31. The van der Waals surface area contributed by atoms with E-state index in [-0.39, 0.29) is 0 Å². The van der Waals surface area contributed by atoms with Gasteiger partial charge < -0.3 is 10.3 Å². The molecule has 0 amide bonds. The third-order valence-corrected chi connectivity index (χ3v) is 3.25. The van der Waals surface area contributed by atoms with E-state index in [0.29, 0.717) is 6.04 Å². The van der Waals surface area contributed by atoms with Crippen molar-refractivity contribution in [3.8, 4) is 12.3 Å². The van der Waals surface area contributed by atoms with E-state index < -0.39 is 0 Å². The van der Waals surface area contributed by atoms with Gasteiger partial charge in [-0.2, -0.15) is 0 Å². The summed E-state index contributed by atoms with van der Waals surface area (Å²) in [7, 11) is 0. The molecule has 0 saturated carbocycles. The second-order valence-corrected chi connectivity index (χ2v) is 4.49. The first-order chi connectivity index (χ1) is 8.38. The van der Waals surface area contributed by atoms with E-state index in [4.69, 9.17) is 6.42 Å². The Morgan fingerprint density at radius 1 is 1.53 bits per heavy atom. The van der Waals surface area contributed by atoms with Crippen LogP contribution >= 0.6 is 0 Å². The van der Waals surface area contributed by atoms with Crippen molar-refractivity contribution in [3.63, 3.8) is 0 Å². The normalized spacial score (nSPS) is 18.1. The summed E-state index contributed by atoms with van der Waals surface area (Å²) >= 11 is 0. The third kappa shape index (κ3) is 3.88. The molecule has 0 aliphatic carbocycles. The number of piperidine rings is 1. The molecule has 17 heavy (non-hydrogen) atoms. The van der Waals surface area contributed by atoms with Gasteiger partial charge in [0.05, 0.1) is 6.54 Å². The van der Waals surface area contributed by atoms with Crippen molar-refractivity contribution in [2.45, 2.75) is 25.3 Å². The number of hydrogen-bond donors (Lipinski definition) is 2. The molecule has 0 radical (unpaired) electrons. The molecule has 4 nitrogen and oxygen atoms in total. The molecule has 0 bridgehead atoms. The van der Waals surface area contributed by atoms with Gasteiger partial charge in [-0.25, -0.2) is 4.98 Å². The number of H-pyrrole nitrogens is 1. The molecule has 92 valence electrons. The molecule has 1 aliphatic rings. The van der Waals surface area contributed by atoms with Gasteiger partial charge in [0, 0.05) is 44.5 Å². The highest BCUT2D eigenvalue weighted by molar-refractivity contribution is 4.91. The molecular weight excluding hydrogens is 212 g/mol. The molecule has 1 aromatic rings. The van der Waals surface area contributed by atoms with Crippen molar-refractivity contribution in [1.29, 1.82) is 0 Å². The monoisotopic (exact) mass is 232 g/mol. The molecule has 2 rings (SSSR count). The molecule has 0 spiro atoms. The standard InChI is InChI=1S/C13H20N4/c1-2-9-17-10-4-12(5-11-17)14-6-3-13-15-7-8-16-13/h1,7-8,12,14H,3-6,9-11H2,(H,15,16). The van der Waals surface area contributed by atoms with Gasteiger partial charge in [-0.15, -0.1) is 6.42 Å². The minimum atomic E-state index is 0.638. The number of rotatable bonds is 5. The smallest absolute Gasteiger partial charge is 0.107 e. The first kappa shape index (κ1) is 12.2. The number of hydrogen-bond acceptors (Lipinski definition) is 3. The second kappa shape index (κ2) is 6.43. The highest BCUT2D eigenvalue weighted by Gasteiger charge is 2.17. The average molecular weight is 232 g/mol. The molecule has 0 atom stereocenters. The van der Waals surface area contributed by atoms with E-state index in [9.17, 15) is 0 Å². The number of likely N-dealkylation sites (tertiary alicyclic amines) is 1. The number of imidazole rings is 1. The topological polar surface area (TPSA) is 44.0 Å². The number of terminal acetylenes is 1. The first-order valence-electron chi connectivity index (χ1n) is 6.26. The summed E-state index contributed by atoms with van der Waals surface area (Å²) < 4.78 is 0. The number of nitrogens with one attached hydrogen (secondary N) is 2. The summed E-state index contributed by atoms with van der Waals surface area (Å²) in [4.78, 5) is 9.66. The van der Waals surface area contributed by atoms with Crippen molar-refractivity contribution in [3.05, 3.63) is 18.2 Å². The highest BCUT2D eigenvalue weighted by Crippen LogP contribution is 2.09. The van der Waals surface area contributed by atoms with Gasteiger partial charge in [0.2, 0.25) is 0 Å². The fourth-order valence-corrected chi connectivity index (χ4v) is 2.25. The van der Waals surface area contributed by atoms with E-state index >= 15 is 0 Å². The third-order valence-electron chi connectivity index (χ3n) is 3.25. The van der Waals surface area contributed by atoms with Crippen molar-refractivity contribution < 1.29 is 0 Å². The lowest BCUT2D eigenvalue weighted by Crippen LogP contribution is -2.43. The van der Waals surface area contributed by atoms with Crippen LogP contribution in [0, 0.1) is 12.3 Å². The summed E-state index contributed by atoms with van der Waals surface area (Å²) in [5.74, 6) is 3.76. The van der Waals surface area contributed by atoms with E-state index in [0.717, 1.165) is 38.4 Å². The van der Waals surface area contributed by atoms with Gasteiger partial charge in [0.15, 0.2) is 0 Å². The van der Waals surface area contributed by atoms with Gasteiger partial charge in [-0.3, -0.25) is 4.90 Å². The molecular formula is C13H20N4. The molecule has 2 heterocycles. The summed E-state index contributed by atoms with van der Waals surface area (Å²) in [6.45, 7) is 4.01. The minimum Gasteiger partial charge on any atom is -0.349 e. The SMILES string of the molecule is C#CCN1CCC(NCCc2ncc[nH]2)CC1. The molecule has 1 saturated heterocycles. The predicted octanol–water partition coefficient (Wildman–Crippen LogP) is 0.639. The Morgan fingerprint density at radius 3 is 3.00 bits per heavy atom. The Hall–Kier alpha value is -1.31. The van der Waals surface area contributed by atoms with Gasteiger partial charge in [0.25, 0.3) is 0 Å². The lowest BCUT2D eigenvalue weighted by molar-refractivity contribution is 0.218. The minimum absolute atomic E-state index is 0.638. The number of aromatic nitrogens is 2. The lowest BCUT2D eigenvalue weighted by Gasteiger charge is -2.31. The highest BCUT2D eigenvalue weighted by atomic mass is 15.1. The van der Waals surface area contributed by atoms with Crippen LogP contribution in [0.25, 0.3) is 0 Å². The van der Waals surface area contributed by atoms with Crippen molar-refractivity contribution in [2.24, 2.45) is 0 Å². The fourth-order valence-electron chi connectivity index (χ4n) is 2.25. The molecule has 1 fully saturated rings. The van der Waals surface area contributed by atoms with Crippen LogP contribution in [0.5, 0.6) is 0 Å². The first-order valence-corrected chi connectivity index (χ1v) is 6.26. The Bertz CT molecular complexity index is 344. The van der Waals surface area contributed by atoms with Crippen molar-refractivity contribution in [1.82, 2.24) is 20.2 Å². The summed E-state index contributed by atoms with van der Waals surface area (Å²) in [5, 5.41) is 3.58. The zero-order chi connectivity index (χ0) is 11.9. The van der Waals surface area contributed by atoms with E-state index in [1.54, 1.807) is 6.20 Å². The van der Waals surface area contributed by atoms with Crippen molar-refractivity contribution in [2.75, 3.05) is 26.2 Å². The number of aromatic amines is 1. The Labute approximate surface area is 103 Å². The van der Waals surface area contributed by atoms with E-state index in [1.807, 2.05) is 6.20 Å². The predicted molar refractivity (Wildman–Crippen MR) is 68.6 cm³/mol. The quantitative estimate of drug-likeness (QED) is 0.732. The fraction of sp³-hybridized carbons (Fsp3) is 0.615. The maximum atomic E-state index is 5.31. The van der Waals surface area contributed by atoms with E-state index in [1.165, 1.54) is 12.8 Å². The van der Waals surface area contributed by atoms with Crippen LogP contribution in [0.15, 0.2) is 12.4 Å². The van der Waals surface area contributed by atoms with Crippen molar-refractivity contribution >= 4 is 0 Å². The second-order valence-electron chi connectivity index (χ2n) is 4.49. The number of nitrogens with zero attached hydrogens (tertiary/aromatic N) is 2. The molecule has 0 aromatic carbocycles. The van der Waals surface area contributed by atoms with Crippen LogP contribution in [-0.2, 0) is 6.42 Å². The Balaban J connectivity index is 1.60. The van der Waals surface area contributed by atoms with Gasteiger partial charge in [0.1, 0.15) is 5.82 Å². The van der Waals surface area contributed by atoms with Gasteiger partial charge in [-0.1, -0.05) is 5.92 Å². The summed E-state index contributed by atoms with van der Waals surface area (Å²) in [6, 6.07) is 0.638. The molecule has 1 aliphatic heterocycles. The van der Waals surface area contributed by atoms with Crippen LogP contribution in [0.2, 0.25) is 0 Å². The zero-order valence-corrected chi connectivity index (χ0v) is 10.2. The molecule has 1 aromatic heterocycles. The van der Waals surface area contributed by atoms with Crippen LogP contribution in [0.1, 0.15) is 18.7 Å². The average Bonchev–Trinajstić information content (AvgIpc) is 2.85. The molecule has 4 heteroatoms. The van der Waals surface area contributed by atoms with E-state index in [2.05, 4.69) is 26.1 Å². The van der Waals surface area contributed by atoms with Crippen LogP contribution in [0.3, 0.4) is 0 Å². The maximum Gasteiger partial charge on any atom is 0.107 e. The van der Waals surface area contributed by atoms with Crippen LogP contribution < -0.4 is 5.32 Å². The van der Waals surface area contributed by atoms with Gasteiger partial charge in [-0.05, 0) is 12.8 Å². The molecule has 2 N–H and O–H groups in total.